The molecule has 2 aromatic rings. The topological polar surface area (TPSA) is 104 Å². The van der Waals surface area contributed by atoms with Crippen molar-refractivity contribution >= 4 is 33.2 Å². The van der Waals surface area contributed by atoms with Gasteiger partial charge < -0.3 is 10.6 Å². The Hall–Kier alpha value is -2.71. The molecule has 0 saturated carbocycles. The van der Waals surface area contributed by atoms with Crippen LogP contribution in [0.25, 0.3) is 0 Å². The molecular formula is C23H31N3O4S. The summed E-state index contributed by atoms with van der Waals surface area (Å²) < 4.78 is 27.3. The molecule has 7 nitrogen and oxygen atoms in total. The van der Waals surface area contributed by atoms with Gasteiger partial charge in [-0.15, -0.1) is 0 Å². The van der Waals surface area contributed by atoms with Crippen LogP contribution in [0.4, 0.5) is 11.4 Å². The minimum absolute atomic E-state index is 0.00879. The van der Waals surface area contributed by atoms with Crippen LogP contribution < -0.4 is 15.4 Å². The van der Waals surface area contributed by atoms with E-state index in [1.54, 1.807) is 62.4 Å². The highest BCUT2D eigenvalue weighted by atomic mass is 32.2. The van der Waals surface area contributed by atoms with Crippen LogP contribution in [0.2, 0.25) is 0 Å². The van der Waals surface area contributed by atoms with Crippen molar-refractivity contribution in [3.63, 3.8) is 0 Å². The molecule has 8 heteroatoms. The molecule has 3 N–H and O–H groups in total. The van der Waals surface area contributed by atoms with E-state index in [1.165, 1.54) is 0 Å². The lowest BCUT2D eigenvalue weighted by Crippen LogP contribution is -2.28. The number of hydrogen-bond acceptors (Lipinski definition) is 4. The number of carbonyl (C=O) groups is 2. The number of amides is 2. The summed E-state index contributed by atoms with van der Waals surface area (Å²) in [7, 11) is -3.69. The summed E-state index contributed by atoms with van der Waals surface area (Å²) in [5.74, 6) is -0.526. The Balaban J connectivity index is 1.85. The van der Waals surface area contributed by atoms with E-state index in [0.717, 1.165) is 5.56 Å². The van der Waals surface area contributed by atoms with Crippen molar-refractivity contribution in [1.82, 2.24) is 4.72 Å². The molecule has 2 aromatic carbocycles. The first kappa shape index (κ1) is 24.6. The highest BCUT2D eigenvalue weighted by molar-refractivity contribution is 7.89. The Labute approximate surface area is 184 Å². The smallest absolute Gasteiger partial charge is 0.240 e. The first-order valence-corrected chi connectivity index (χ1v) is 11.7. The van der Waals surface area contributed by atoms with Crippen LogP contribution in [0, 0.1) is 5.92 Å². The van der Waals surface area contributed by atoms with Gasteiger partial charge in [0.25, 0.3) is 0 Å². The number of benzene rings is 2. The molecule has 2 amide bonds. The standard InChI is InChI=1S/C23H31N3O4S/c1-16(2)22(28)26-19-10-8-18(9-11-19)25-21(27)14-15-24-31(29,30)20-12-6-17(7-13-20)23(3,4)5/h6-13,16,24H,14-15H2,1-5H3,(H,25,27)(H,26,28). The highest BCUT2D eigenvalue weighted by Gasteiger charge is 2.17. The van der Waals surface area contributed by atoms with Gasteiger partial charge in [-0.25, -0.2) is 13.1 Å². The number of nitrogens with one attached hydrogen (secondary N) is 3. The first-order chi connectivity index (χ1) is 14.4. The van der Waals surface area contributed by atoms with Crippen LogP contribution in [-0.2, 0) is 25.0 Å². The average molecular weight is 446 g/mol. The second-order valence-electron chi connectivity index (χ2n) is 8.69. The molecule has 0 aromatic heterocycles. The molecule has 0 fully saturated rings. The Bertz CT molecular complexity index is 1010. The molecule has 0 saturated heterocycles. The quantitative estimate of drug-likeness (QED) is 0.573. The predicted octanol–water partition coefficient (Wildman–Crippen LogP) is 3.89. The molecule has 2 rings (SSSR count). The van der Waals surface area contributed by atoms with Crippen molar-refractivity contribution in [2.24, 2.45) is 5.92 Å². The lowest BCUT2D eigenvalue weighted by atomic mass is 9.87. The van der Waals surface area contributed by atoms with Gasteiger partial charge in [-0.2, -0.15) is 0 Å². The Morgan fingerprint density at radius 3 is 1.87 bits per heavy atom. The minimum Gasteiger partial charge on any atom is -0.326 e. The maximum absolute atomic E-state index is 12.4. The van der Waals surface area contributed by atoms with Gasteiger partial charge in [-0.1, -0.05) is 46.8 Å². The summed E-state index contributed by atoms with van der Waals surface area (Å²) in [6.07, 6.45) is -0.00879. The predicted molar refractivity (Wildman–Crippen MR) is 123 cm³/mol. The van der Waals surface area contributed by atoms with Crippen LogP contribution in [0.1, 0.15) is 46.6 Å². The van der Waals surface area contributed by atoms with Crippen molar-refractivity contribution in [2.75, 3.05) is 17.2 Å². The zero-order chi connectivity index (χ0) is 23.2. The van der Waals surface area contributed by atoms with E-state index in [1.807, 2.05) is 0 Å². The van der Waals surface area contributed by atoms with Crippen molar-refractivity contribution in [1.29, 1.82) is 0 Å². The molecule has 31 heavy (non-hydrogen) atoms. The molecule has 168 valence electrons. The number of hydrogen-bond donors (Lipinski definition) is 3. The van der Waals surface area contributed by atoms with Crippen molar-refractivity contribution in [3.8, 4) is 0 Å². The van der Waals surface area contributed by atoms with Crippen LogP contribution in [0.5, 0.6) is 0 Å². The average Bonchev–Trinajstić information content (AvgIpc) is 2.68. The minimum atomic E-state index is -3.69. The number of carbonyl (C=O) groups excluding carboxylic acids is 2. The van der Waals surface area contributed by atoms with Gasteiger partial charge in [0.2, 0.25) is 21.8 Å². The van der Waals surface area contributed by atoms with E-state index in [9.17, 15) is 18.0 Å². The van der Waals surface area contributed by atoms with Crippen LogP contribution in [-0.4, -0.2) is 26.8 Å². The summed E-state index contributed by atoms with van der Waals surface area (Å²) in [4.78, 5) is 24.0. The van der Waals surface area contributed by atoms with E-state index in [4.69, 9.17) is 0 Å². The third-order valence-electron chi connectivity index (χ3n) is 4.64. The molecule has 0 atom stereocenters. The third-order valence-corrected chi connectivity index (χ3v) is 6.11. The molecule has 0 radical (unpaired) electrons. The van der Waals surface area contributed by atoms with Crippen molar-refractivity contribution < 1.29 is 18.0 Å². The molecule has 0 aliphatic rings. The lowest BCUT2D eigenvalue weighted by molar-refractivity contribution is -0.119. The second-order valence-corrected chi connectivity index (χ2v) is 10.5. The van der Waals surface area contributed by atoms with Gasteiger partial charge in [-0.3, -0.25) is 9.59 Å². The number of rotatable bonds is 8. The van der Waals surface area contributed by atoms with E-state index >= 15 is 0 Å². The zero-order valence-corrected chi connectivity index (χ0v) is 19.5. The van der Waals surface area contributed by atoms with Crippen LogP contribution in [0.15, 0.2) is 53.4 Å². The van der Waals surface area contributed by atoms with Crippen LogP contribution in [0.3, 0.4) is 0 Å². The molecule has 0 aliphatic heterocycles. The van der Waals surface area contributed by atoms with E-state index in [0.29, 0.717) is 11.4 Å². The van der Waals surface area contributed by atoms with Crippen molar-refractivity contribution in [3.05, 3.63) is 54.1 Å². The Morgan fingerprint density at radius 2 is 1.39 bits per heavy atom. The van der Waals surface area contributed by atoms with Crippen LogP contribution >= 0.6 is 0 Å². The zero-order valence-electron chi connectivity index (χ0n) is 18.7. The molecule has 0 spiro atoms. The fraction of sp³-hybridized carbons (Fsp3) is 0.391. The Morgan fingerprint density at radius 1 is 0.871 bits per heavy atom. The van der Waals surface area contributed by atoms with Crippen molar-refractivity contribution in [2.45, 2.75) is 51.3 Å². The fourth-order valence-corrected chi connectivity index (χ4v) is 3.70. The monoisotopic (exact) mass is 445 g/mol. The molecule has 0 bridgehead atoms. The van der Waals surface area contributed by atoms with Gasteiger partial charge in [0.15, 0.2) is 0 Å². The number of anilines is 2. The van der Waals surface area contributed by atoms with Gasteiger partial charge in [0, 0.05) is 30.3 Å². The highest BCUT2D eigenvalue weighted by Crippen LogP contribution is 2.23. The fourth-order valence-electron chi connectivity index (χ4n) is 2.66. The molecule has 0 aliphatic carbocycles. The summed E-state index contributed by atoms with van der Waals surface area (Å²) in [6.45, 7) is 9.77. The SMILES string of the molecule is CC(C)C(=O)Nc1ccc(NC(=O)CCNS(=O)(=O)c2ccc(C(C)(C)C)cc2)cc1. The first-order valence-electron chi connectivity index (χ1n) is 10.2. The molecule has 0 unspecified atom stereocenters. The summed E-state index contributed by atoms with van der Waals surface area (Å²) in [5.41, 5.74) is 2.18. The second kappa shape index (κ2) is 10.1. The maximum atomic E-state index is 12.4. The number of sulfonamides is 1. The van der Waals surface area contributed by atoms with E-state index < -0.39 is 10.0 Å². The van der Waals surface area contributed by atoms with Gasteiger partial charge in [0.05, 0.1) is 4.90 Å². The lowest BCUT2D eigenvalue weighted by Gasteiger charge is -2.19. The maximum Gasteiger partial charge on any atom is 0.240 e. The molecular weight excluding hydrogens is 414 g/mol. The summed E-state index contributed by atoms with van der Waals surface area (Å²) in [6, 6.07) is 13.5. The van der Waals surface area contributed by atoms with Gasteiger partial charge >= 0.3 is 0 Å². The van der Waals surface area contributed by atoms with Gasteiger partial charge in [-0.05, 0) is 47.4 Å². The van der Waals surface area contributed by atoms with E-state index in [-0.39, 0.29) is 41.0 Å². The summed E-state index contributed by atoms with van der Waals surface area (Å²) >= 11 is 0. The van der Waals surface area contributed by atoms with Gasteiger partial charge in [0.1, 0.15) is 0 Å². The summed E-state index contributed by atoms with van der Waals surface area (Å²) in [5, 5.41) is 5.48. The third kappa shape index (κ3) is 7.48. The Kier molecular flexibility index (Phi) is 7.97. The normalized spacial score (nSPS) is 11.9. The molecule has 0 heterocycles. The van der Waals surface area contributed by atoms with E-state index in [2.05, 4.69) is 36.1 Å². The largest absolute Gasteiger partial charge is 0.326 e.